The standard InChI is InChI=1S/C12H19NO3/c14-12(15)11(8-4-5-8)13-6-7-16-10-3-1-2-9(10)13/h8-11H,1-7H2,(H,14,15). The van der Waals surface area contributed by atoms with E-state index in [2.05, 4.69) is 4.90 Å². The molecule has 3 atom stereocenters. The molecule has 0 aromatic rings. The second-order valence-corrected chi connectivity index (χ2v) is 5.27. The van der Waals surface area contributed by atoms with Crippen molar-refractivity contribution in [3.8, 4) is 0 Å². The fourth-order valence-electron chi connectivity index (χ4n) is 3.33. The van der Waals surface area contributed by atoms with Gasteiger partial charge in [0.05, 0.1) is 12.7 Å². The number of hydrogen-bond acceptors (Lipinski definition) is 3. The minimum Gasteiger partial charge on any atom is -0.480 e. The summed E-state index contributed by atoms with van der Waals surface area (Å²) < 4.78 is 5.73. The highest BCUT2D eigenvalue weighted by atomic mass is 16.5. The minimum atomic E-state index is -0.630. The second kappa shape index (κ2) is 4.00. The van der Waals surface area contributed by atoms with Crippen molar-refractivity contribution in [2.24, 2.45) is 5.92 Å². The highest BCUT2D eigenvalue weighted by Crippen LogP contribution is 2.40. The quantitative estimate of drug-likeness (QED) is 0.781. The van der Waals surface area contributed by atoms with Crippen LogP contribution in [0.4, 0.5) is 0 Å². The van der Waals surface area contributed by atoms with Gasteiger partial charge in [-0.15, -0.1) is 0 Å². The Hall–Kier alpha value is -0.610. The molecule has 2 aliphatic carbocycles. The maximum absolute atomic E-state index is 11.4. The van der Waals surface area contributed by atoms with Crippen LogP contribution in [0.1, 0.15) is 32.1 Å². The molecule has 0 amide bonds. The lowest BCUT2D eigenvalue weighted by Crippen LogP contribution is -2.56. The summed E-state index contributed by atoms with van der Waals surface area (Å²) in [6.07, 6.45) is 5.88. The Bertz CT molecular complexity index is 290. The van der Waals surface area contributed by atoms with Crippen molar-refractivity contribution in [3.63, 3.8) is 0 Å². The summed E-state index contributed by atoms with van der Waals surface area (Å²) in [7, 11) is 0. The number of morpholine rings is 1. The predicted octanol–water partition coefficient (Wildman–Crippen LogP) is 1.10. The molecule has 4 nitrogen and oxygen atoms in total. The van der Waals surface area contributed by atoms with E-state index < -0.39 is 5.97 Å². The van der Waals surface area contributed by atoms with Crippen molar-refractivity contribution in [3.05, 3.63) is 0 Å². The highest BCUT2D eigenvalue weighted by molar-refractivity contribution is 5.74. The molecule has 16 heavy (non-hydrogen) atoms. The first kappa shape index (κ1) is 10.5. The van der Waals surface area contributed by atoms with Crippen LogP contribution in [0.2, 0.25) is 0 Å². The first-order valence-corrected chi connectivity index (χ1v) is 6.37. The lowest BCUT2D eigenvalue weighted by atomic mass is 10.0. The molecule has 0 spiro atoms. The van der Waals surface area contributed by atoms with Crippen LogP contribution in [-0.2, 0) is 9.53 Å². The fraction of sp³-hybridized carbons (Fsp3) is 0.917. The maximum Gasteiger partial charge on any atom is 0.321 e. The van der Waals surface area contributed by atoms with Crippen molar-refractivity contribution in [2.45, 2.75) is 50.3 Å². The fourth-order valence-corrected chi connectivity index (χ4v) is 3.33. The number of aliphatic carboxylic acids is 1. The third-order valence-corrected chi connectivity index (χ3v) is 4.20. The van der Waals surface area contributed by atoms with Gasteiger partial charge in [0.1, 0.15) is 6.04 Å². The van der Waals surface area contributed by atoms with Gasteiger partial charge in [-0.25, -0.2) is 0 Å². The number of carboxylic acid groups (broad SMARTS) is 1. The molecule has 0 bridgehead atoms. The van der Waals surface area contributed by atoms with Crippen LogP contribution in [0.25, 0.3) is 0 Å². The largest absolute Gasteiger partial charge is 0.480 e. The number of hydrogen-bond donors (Lipinski definition) is 1. The number of carbonyl (C=O) groups is 1. The van der Waals surface area contributed by atoms with E-state index in [1.54, 1.807) is 0 Å². The van der Waals surface area contributed by atoms with Crippen molar-refractivity contribution < 1.29 is 14.6 Å². The van der Waals surface area contributed by atoms with E-state index in [4.69, 9.17) is 4.74 Å². The molecule has 3 fully saturated rings. The van der Waals surface area contributed by atoms with Gasteiger partial charge in [0.2, 0.25) is 0 Å². The normalized spacial score (nSPS) is 37.0. The number of ether oxygens (including phenoxy) is 1. The first-order valence-electron chi connectivity index (χ1n) is 6.37. The molecular weight excluding hydrogens is 206 g/mol. The van der Waals surface area contributed by atoms with E-state index >= 15 is 0 Å². The van der Waals surface area contributed by atoms with Gasteiger partial charge in [-0.2, -0.15) is 0 Å². The molecule has 0 aromatic carbocycles. The molecule has 3 unspecified atom stereocenters. The lowest BCUT2D eigenvalue weighted by molar-refractivity contribution is -0.151. The monoisotopic (exact) mass is 225 g/mol. The van der Waals surface area contributed by atoms with E-state index in [-0.39, 0.29) is 6.04 Å². The second-order valence-electron chi connectivity index (χ2n) is 5.27. The lowest BCUT2D eigenvalue weighted by Gasteiger charge is -2.41. The summed E-state index contributed by atoms with van der Waals surface area (Å²) in [5, 5.41) is 9.37. The zero-order valence-electron chi connectivity index (χ0n) is 9.47. The molecule has 90 valence electrons. The van der Waals surface area contributed by atoms with E-state index in [9.17, 15) is 9.90 Å². The summed E-state index contributed by atoms with van der Waals surface area (Å²) in [6, 6.07) is 0.130. The van der Waals surface area contributed by atoms with Gasteiger partial charge < -0.3 is 9.84 Å². The summed E-state index contributed by atoms with van der Waals surface area (Å²) in [5.74, 6) is -0.230. The Balaban J connectivity index is 1.77. The van der Waals surface area contributed by atoms with Gasteiger partial charge in [-0.05, 0) is 38.0 Å². The maximum atomic E-state index is 11.4. The Labute approximate surface area is 95.6 Å². The molecule has 0 radical (unpaired) electrons. The molecule has 1 heterocycles. The molecule has 2 saturated carbocycles. The molecule has 0 aromatic heterocycles. The van der Waals surface area contributed by atoms with Crippen LogP contribution >= 0.6 is 0 Å². The molecule has 1 aliphatic heterocycles. The average Bonchev–Trinajstić information content (AvgIpc) is 2.95. The van der Waals surface area contributed by atoms with E-state index in [0.29, 0.717) is 24.7 Å². The van der Waals surface area contributed by atoms with Gasteiger partial charge in [-0.3, -0.25) is 9.69 Å². The third-order valence-electron chi connectivity index (χ3n) is 4.20. The Morgan fingerprint density at radius 2 is 2.12 bits per heavy atom. The van der Waals surface area contributed by atoms with Gasteiger partial charge >= 0.3 is 5.97 Å². The number of nitrogens with zero attached hydrogens (tertiary/aromatic N) is 1. The SMILES string of the molecule is O=C(O)C(C1CC1)N1CCOC2CCCC21. The van der Waals surface area contributed by atoms with Crippen LogP contribution < -0.4 is 0 Å². The summed E-state index contributed by atoms with van der Waals surface area (Å²) in [6.45, 7) is 1.51. The van der Waals surface area contributed by atoms with Crippen LogP contribution in [0, 0.1) is 5.92 Å². The van der Waals surface area contributed by atoms with Crippen molar-refractivity contribution >= 4 is 5.97 Å². The Morgan fingerprint density at radius 3 is 2.81 bits per heavy atom. The predicted molar refractivity (Wildman–Crippen MR) is 58.2 cm³/mol. The van der Waals surface area contributed by atoms with E-state index in [1.807, 2.05) is 0 Å². The topological polar surface area (TPSA) is 49.8 Å². The summed E-state index contributed by atoms with van der Waals surface area (Å²) in [5.41, 5.74) is 0. The number of carboxylic acids is 1. The summed E-state index contributed by atoms with van der Waals surface area (Å²) >= 11 is 0. The molecule has 4 heteroatoms. The Kier molecular flexibility index (Phi) is 2.64. The zero-order chi connectivity index (χ0) is 11.1. The molecule has 3 aliphatic rings. The molecular formula is C12H19NO3. The van der Waals surface area contributed by atoms with Gasteiger partial charge in [0, 0.05) is 12.6 Å². The third kappa shape index (κ3) is 1.74. The van der Waals surface area contributed by atoms with Crippen molar-refractivity contribution in [1.82, 2.24) is 4.90 Å². The average molecular weight is 225 g/mol. The van der Waals surface area contributed by atoms with E-state index in [1.165, 1.54) is 6.42 Å². The number of rotatable bonds is 3. The van der Waals surface area contributed by atoms with Crippen molar-refractivity contribution in [1.29, 1.82) is 0 Å². The first-order chi connectivity index (χ1) is 7.77. The minimum absolute atomic E-state index is 0.241. The van der Waals surface area contributed by atoms with Gasteiger partial charge in [-0.1, -0.05) is 0 Å². The number of fused-ring (bicyclic) bond motifs is 1. The highest BCUT2D eigenvalue weighted by Gasteiger charge is 2.47. The van der Waals surface area contributed by atoms with Crippen LogP contribution in [-0.4, -0.2) is 47.3 Å². The smallest absolute Gasteiger partial charge is 0.321 e. The van der Waals surface area contributed by atoms with Crippen LogP contribution in [0.3, 0.4) is 0 Å². The van der Waals surface area contributed by atoms with Crippen molar-refractivity contribution in [2.75, 3.05) is 13.2 Å². The van der Waals surface area contributed by atoms with Gasteiger partial charge in [0.25, 0.3) is 0 Å². The van der Waals surface area contributed by atoms with E-state index in [0.717, 1.165) is 32.2 Å². The summed E-state index contributed by atoms with van der Waals surface area (Å²) in [4.78, 5) is 13.6. The Morgan fingerprint density at radius 1 is 1.31 bits per heavy atom. The van der Waals surface area contributed by atoms with Crippen LogP contribution in [0.15, 0.2) is 0 Å². The molecule has 1 N–H and O–H groups in total. The zero-order valence-corrected chi connectivity index (χ0v) is 9.47. The molecule has 3 rings (SSSR count). The van der Waals surface area contributed by atoms with Crippen LogP contribution in [0.5, 0.6) is 0 Å². The van der Waals surface area contributed by atoms with Gasteiger partial charge in [0.15, 0.2) is 0 Å². The molecule has 1 saturated heterocycles.